The number of epoxide rings is 1. The zero-order chi connectivity index (χ0) is 7.47. The Morgan fingerprint density at radius 1 is 1.27 bits per heavy atom. The van der Waals surface area contributed by atoms with Gasteiger partial charge in [-0.05, 0) is 32.7 Å². The van der Waals surface area contributed by atoms with Gasteiger partial charge in [0, 0.05) is 12.1 Å². The Morgan fingerprint density at radius 3 is 2.27 bits per heavy atom. The van der Waals surface area contributed by atoms with Crippen LogP contribution >= 0.6 is 0 Å². The van der Waals surface area contributed by atoms with Gasteiger partial charge in [-0.15, -0.1) is 0 Å². The third-order valence-corrected chi connectivity index (χ3v) is 3.75. The molecule has 0 saturated carbocycles. The van der Waals surface area contributed by atoms with Crippen molar-refractivity contribution in [3.63, 3.8) is 0 Å². The zero-order valence-electron chi connectivity index (χ0n) is 7.05. The van der Waals surface area contributed by atoms with Crippen LogP contribution in [0.15, 0.2) is 0 Å². The van der Waals surface area contributed by atoms with Crippen molar-refractivity contribution < 1.29 is 4.74 Å². The van der Waals surface area contributed by atoms with Crippen LogP contribution in [0.1, 0.15) is 25.7 Å². The molecule has 0 radical (unpaired) electrons. The van der Waals surface area contributed by atoms with E-state index in [1.54, 1.807) is 0 Å². The summed E-state index contributed by atoms with van der Waals surface area (Å²) in [5.41, 5.74) is 0.373. The summed E-state index contributed by atoms with van der Waals surface area (Å²) in [5.74, 6) is 0. The predicted octanol–water partition coefficient (Wildman–Crippen LogP) is 1.01. The minimum atomic E-state index is 0.373. The first-order valence-electron chi connectivity index (χ1n) is 4.65. The van der Waals surface area contributed by atoms with Crippen molar-refractivity contribution in [2.24, 2.45) is 0 Å². The van der Waals surface area contributed by atoms with Crippen molar-refractivity contribution >= 4 is 0 Å². The van der Waals surface area contributed by atoms with Crippen molar-refractivity contribution in [2.45, 2.75) is 43.4 Å². The monoisotopic (exact) mass is 153 g/mol. The van der Waals surface area contributed by atoms with Crippen molar-refractivity contribution in [3.05, 3.63) is 0 Å². The highest BCUT2D eigenvalue weighted by Crippen LogP contribution is 2.47. The number of rotatable bonds is 0. The summed E-state index contributed by atoms with van der Waals surface area (Å²) in [5, 5.41) is 0. The fourth-order valence-electron chi connectivity index (χ4n) is 2.86. The van der Waals surface area contributed by atoms with Crippen LogP contribution in [0.5, 0.6) is 0 Å². The van der Waals surface area contributed by atoms with Crippen molar-refractivity contribution in [3.8, 4) is 0 Å². The molecule has 1 spiro atoms. The van der Waals surface area contributed by atoms with E-state index in [0.29, 0.717) is 5.60 Å². The molecule has 0 N–H and O–H groups in total. The van der Waals surface area contributed by atoms with E-state index in [4.69, 9.17) is 4.74 Å². The van der Waals surface area contributed by atoms with Gasteiger partial charge in [0.15, 0.2) is 0 Å². The smallest absolute Gasteiger partial charge is 0.0946 e. The van der Waals surface area contributed by atoms with Gasteiger partial charge in [0.25, 0.3) is 0 Å². The first kappa shape index (κ1) is 6.44. The standard InChI is InChI=1S/C9H15NO/c1-10-7-2-3-8(10)5-9(4-7)6-11-9/h7-8H,2-6H2,1H3/t7-,8-/m0/s1. The third kappa shape index (κ3) is 0.798. The lowest BCUT2D eigenvalue weighted by Crippen LogP contribution is -2.43. The minimum Gasteiger partial charge on any atom is -0.369 e. The molecule has 2 heteroatoms. The lowest BCUT2D eigenvalue weighted by atomic mass is 9.92. The van der Waals surface area contributed by atoms with Gasteiger partial charge in [-0.2, -0.15) is 0 Å². The van der Waals surface area contributed by atoms with Gasteiger partial charge in [-0.1, -0.05) is 0 Å². The maximum Gasteiger partial charge on any atom is 0.0946 e. The molecule has 0 aliphatic carbocycles. The van der Waals surface area contributed by atoms with Gasteiger partial charge in [0.1, 0.15) is 0 Å². The molecule has 0 unspecified atom stereocenters. The number of hydrogen-bond acceptors (Lipinski definition) is 2. The maximum atomic E-state index is 5.54. The quantitative estimate of drug-likeness (QED) is 0.483. The van der Waals surface area contributed by atoms with E-state index in [1.807, 2.05) is 0 Å². The Hall–Kier alpha value is -0.0800. The molecule has 2 nitrogen and oxygen atoms in total. The molecule has 0 aromatic heterocycles. The SMILES string of the molecule is CN1[C@H]2CC[C@H]1CC1(CO1)C2. The molecule has 3 fully saturated rings. The normalized spacial score (nSPS) is 55.4. The Morgan fingerprint density at radius 2 is 1.82 bits per heavy atom. The van der Waals surface area contributed by atoms with Gasteiger partial charge in [0.05, 0.1) is 12.2 Å². The van der Waals surface area contributed by atoms with E-state index in [-0.39, 0.29) is 0 Å². The number of hydrogen-bond donors (Lipinski definition) is 0. The van der Waals surface area contributed by atoms with Crippen LogP contribution in [0.2, 0.25) is 0 Å². The van der Waals surface area contributed by atoms with Crippen LogP contribution in [0.4, 0.5) is 0 Å². The zero-order valence-corrected chi connectivity index (χ0v) is 7.05. The second-order valence-electron chi connectivity index (χ2n) is 4.43. The third-order valence-electron chi connectivity index (χ3n) is 3.75. The largest absolute Gasteiger partial charge is 0.369 e. The molecule has 0 aromatic rings. The van der Waals surface area contributed by atoms with Crippen LogP contribution in [-0.4, -0.2) is 36.2 Å². The van der Waals surface area contributed by atoms with Gasteiger partial charge in [-0.3, -0.25) is 0 Å². The molecule has 2 atom stereocenters. The summed E-state index contributed by atoms with van der Waals surface area (Å²) >= 11 is 0. The molecule has 3 aliphatic heterocycles. The van der Waals surface area contributed by atoms with Crippen LogP contribution < -0.4 is 0 Å². The summed E-state index contributed by atoms with van der Waals surface area (Å²) in [6, 6.07) is 1.69. The topological polar surface area (TPSA) is 15.8 Å². The minimum absolute atomic E-state index is 0.373. The lowest BCUT2D eigenvalue weighted by Gasteiger charge is -2.34. The van der Waals surface area contributed by atoms with Crippen molar-refractivity contribution in [1.29, 1.82) is 0 Å². The Kier molecular flexibility index (Phi) is 1.06. The average Bonchev–Trinajstić information content (AvgIpc) is 2.71. The molecular weight excluding hydrogens is 138 g/mol. The molecule has 3 saturated heterocycles. The average molecular weight is 153 g/mol. The van der Waals surface area contributed by atoms with Crippen LogP contribution in [-0.2, 0) is 4.74 Å². The first-order chi connectivity index (χ1) is 5.29. The van der Waals surface area contributed by atoms with Crippen molar-refractivity contribution in [2.75, 3.05) is 13.7 Å². The molecule has 3 aliphatic rings. The highest BCUT2D eigenvalue weighted by Gasteiger charge is 2.54. The summed E-state index contributed by atoms with van der Waals surface area (Å²) in [4.78, 5) is 2.56. The summed E-state index contributed by atoms with van der Waals surface area (Å²) in [6.45, 7) is 1.05. The Balaban J connectivity index is 1.86. The van der Waals surface area contributed by atoms with E-state index in [2.05, 4.69) is 11.9 Å². The molecule has 3 heterocycles. The van der Waals surface area contributed by atoms with Crippen molar-refractivity contribution in [1.82, 2.24) is 4.90 Å². The Bertz CT molecular complexity index is 172. The second kappa shape index (κ2) is 1.80. The highest BCUT2D eigenvalue weighted by atomic mass is 16.6. The second-order valence-corrected chi connectivity index (χ2v) is 4.43. The number of fused-ring (bicyclic) bond motifs is 2. The van der Waals surface area contributed by atoms with E-state index < -0.39 is 0 Å². The highest BCUT2D eigenvalue weighted by molar-refractivity contribution is 5.07. The first-order valence-corrected chi connectivity index (χ1v) is 4.65. The molecule has 2 bridgehead atoms. The van der Waals surface area contributed by atoms with E-state index in [0.717, 1.165) is 18.7 Å². The Labute approximate surface area is 67.5 Å². The fraction of sp³-hybridized carbons (Fsp3) is 1.00. The number of piperidine rings is 1. The fourth-order valence-corrected chi connectivity index (χ4v) is 2.86. The number of nitrogens with zero attached hydrogens (tertiary/aromatic N) is 1. The van der Waals surface area contributed by atoms with Crippen LogP contribution in [0.25, 0.3) is 0 Å². The summed E-state index contributed by atoms with van der Waals surface area (Å²) < 4.78 is 5.54. The molecule has 11 heavy (non-hydrogen) atoms. The van der Waals surface area contributed by atoms with Gasteiger partial charge in [0.2, 0.25) is 0 Å². The summed E-state index contributed by atoms with van der Waals surface area (Å²) in [7, 11) is 2.28. The maximum absolute atomic E-state index is 5.54. The summed E-state index contributed by atoms with van der Waals surface area (Å²) in [6.07, 6.45) is 5.43. The lowest BCUT2D eigenvalue weighted by molar-refractivity contribution is 0.104. The molecular formula is C9H15NO. The van der Waals surface area contributed by atoms with E-state index in [9.17, 15) is 0 Å². The molecule has 62 valence electrons. The predicted molar refractivity (Wildman–Crippen MR) is 42.5 cm³/mol. The number of ether oxygens (including phenoxy) is 1. The van der Waals surface area contributed by atoms with Gasteiger partial charge < -0.3 is 9.64 Å². The van der Waals surface area contributed by atoms with Crippen LogP contribution in [0.3, 0.4) is 0 Å². The van der Waals surface area contributed by atoms with E-state index in [1.165, 1.54) is 25.7 Å². The van der Waals surface area contributed by atoms with Gasteiger partial charge >= 0.3 is 0 Å². The van der Waals surface area contributed by atoms with Gasteiger partial charge in [-0.25, -0.2) is 0 Å². The molecule has 0 aromatic carbocycles. The van der Waals surface area contributed by atoms with E-state index >= 15 is 0 Å². The van der Waals surface area contributed by atoms with Crippen LogP contribution in [0, 0.1) is 0 Å². The molecule has 0 amide bonds. The molecule has 3 rings (SSSR count).